The Kier molecular flexibility index (Phi) is 6.88. The van der Waals surface area contributed by atoms with Gasteiger partial charge in [0.25, 0.3) is 5.91 Å². The summed E-state index contributed by atoms with van der Waals surface area (Å²) in [4.78, 5) is 25.9. The van der Waals surface area contributed by atoms with E-state index in [2.05, 4.69) is 5.32 Å². The van der Waals surface area contributed by atoms with E-state index in [4.69, 9.17) is 5.73 Å². The molecule has 0 bridgehead atoms. The Bertz CT molecular complexity index is 484. The molecule has 1 aromatic carbocycles. The number of carbonyl (C=O) groups is 2. The van der Waals surface area contributed by atoms with Crippen molar-refractivity contribution >= 4 is 17.5 Å². The number of hydrogen-bond donors (Lipinski definition) is 2. The van der Waals surface area contributed by atoms with Crippen LogP contribution >= 0.6 is 0 Å². The van der Waals surface area contributed by atoms with Gasteiger partial charge in [-0.05, 0) is 44.5 Å². The highest BCUT2D eigenvalue weighted by Gasteiger charge is 2.13. The molecule has 116 valence electrons. The van der Waals surface area contributed by atoms with E-state index in [0.29, 0.717) is 37.3 Å². The molecule has 2 amide bonds. The molecule has 1 unspecified atom stereocenters. The first-order valence-electron chi connectivity index (χ1n) is 7.41. The van der Waals surface area contributed by atoms with Crippen LogP contribution in [0.2, 0.25) is 0 Å². The van der Waals surface area contributed by atoms with Gasteiger partial charge < -0.3 is 16.0 Å². The first-order valence-corrected chi connectivity index (χ1v) is 7.41. The van der Waals surface area contributed by atoms with Gasteiger partial charge in [-0.3, -0.25) is 9.59 Å². The third-order valence-electron chi connectivity index (χ3n) is 3.38. The fourth-order valence-electron chi connectivity index (χ4n) is 2.04. The maximum absolute atomic E-state index is 12.3. The topological polar surface area (TPSA) is 75.4 Å². The van der Waals surface area contributed by atoms with Crippen LogP contribution < -0.4 is 11.1 Å². The Labute approximate surface area is 126 Å². The van der Waals surface area contributed by atoms with Crippen LogP contribution in [-0.2, 0) is 4.79 Å². The fourth-order valence-corrected chi connectivity index (χ4v) is 2.04. The van der Waals surface area contributed by atoms with Crippen LogP contribution in [0.15, 0.2) is 24.3 Å². The maximum atomic E-state index is 12.3. The predicted molar refractivity (Wildman–Crippen MR) is 85.2 cm³/mol. The quantitative estimate of drug-likeness (QED) is 0.807. The van der Waals surface area contributed by atoms with E-state index in [0.717, 1.165) is 0 Å². The molecule has 0 saturated carbocycles. The van der Waals surface area contributed by atoms with Crippen molar-refractivity contribution in [2.75, 3.05) is 25.0 Å². The van der Waals surface area contributed by atoms with E-state index in [1.807, 2.05) is 20.8 Å². The van der Waals surface area contributed by atoms with Crippen LogP contribution in [0.1, 0.15) is 37.6 Å². The molecule has 0 radical (unpaired) electrons. The molecule has 1 aromatic rings. The summed E-state index contributed by atoms with van der Waals surface area (Å²) in [5.74, 6) is 0.0392. The van der Waals surface area contributed by atoms with Crippen molar-refractivity contribution in [1.29, 1.82) is 0 Å². The second kappa shape index (κ2) is 8.42. The van der Waals surface area contributed by atoms with Crippen LogP contribution in [0.3, 0.4) is 0 Å². The van der Waals surface area contributed by atoms with E-state index in [9.17, 15) is 9.59 Å². The van der Waals surface area contributed by atoms with Crippen molar-refractivity contribution in [3.05, 3.63) is 29.8 Å². The van der Waals surface area contributed by atoms with Crippen LogP contribution in [-0.4, -0.2) is 36.3 Å². The zero-order valence-electron chi connectivity index (χ0n) is 13.1. The predicted octanol–water partition coefficient (Wildman–Crippen LogP) is 2.09. The minimum Gasteiger partial charge on any atom is -0.339 e. The highest BCUT2D eigenvalue weighted by atomic mass is 16.2. The summed E-state index contributed by atoms with van der Waals surface area (Å²) >= 11 is 0. The van der Waals surface area contributed by atoms with Gasteiger partial charge in [0.15, 0.2) is 0 Å². The molecule has 0 aliphatic carbocycles. The zero-order valence-corrected chi connectivity index (χ0v) is 13.1. The third kappa shape index (κ3) is 5.19. The summed E-state index contributed by atoms with van der Waals surface area (Å²) in [7, 11) is 0. The summed E-state index contributed by atoms with van der Waals surface area (Å²) in [6.07, 6.45) is 0.380. The molecule has 0 heterocycles. The van der Waals surface area contributed by atoms with Gasteiger partial charge in [0, 0.05) is 30.8 Å². The van der Waals surface area contributed by atoms with Gasteiger partial charge >= 0.3 is 0 Å². The van der Waals surface area contributed by atoms with Crippen molar-refractivity contribution in [2.24, 2.45) is 11.7 Å². The van der Waals surface area contributed by atoms with E-state index in [1.165, 1.54) is 0 Å². The molecular weight excluding hydrogens is 266 g/mol. The lowest BCUT2D eigenvalue weighted by molar-refractivity contribution is -0.116. The summed E-state index contributed by atoms with van der Waals surface area (Å²) in [5.41, 5.74) is 6.74. The van der Waals surface area contributed by atoms with Gasteiger partial charge in [-0.25, -0.2) is 0 Å². The first kappa shape index (κ1) is 17.2. The molecule has 0 aliphatic rings. The molecule has 1 rings (SSSR count). The maximum Gasteiger partial charge on any atom is 0.253 e. The van der Waals surface area contributed by atoms with Crippen LogP contribution in [0.4, 0.5) is 5.69 Å². The molecule has 3 N–H and O–H groups in total. The van der Waals surface area contributed by atoms with E-state index < -0.39 is 0 Å². The van der Waals surface area contributed by atoms with Crippen molar-refractivity contribution in [3.8, 4) is 0 Å². The van der Waals surface area contributed by atoms with Crippen molar-refractivity contribution in [3.63, 3.8) is 0 Å². The van der Waals surface area contributed by atoms with E-state index >= 15 is 0 Å². The lowest BCUT2D eigenvalue weighted by Crippen LogP contribution is -2.30. The number of nitrogens with one attached hydrogen (secondary N) is 1. The summed E-state index contributed by atoms with van der Waals surface area (Å²) < 4.78 is 0. The highest BCUT2D eigenvalue weighted by Crippen LogP contribution is 2.14. The molecule has 1 atom stereocenters. The van der Waals surface area contributed by atoms with Crippen molar-refractivity contribution in [2.45, 2.75) is 27.2 Å². The highest BCUT2D eigenvalue weighted by molar-refractivity contribution is 5.97. The van der Waals surface area contributed by atoms with E-state index in [1.54, 1.807) is 29.2 Å². The molecular formula is C16H25N3O2. The first-order chi connectivity index (χ1) is 10.0. The number of amides is 2. The molecule has 5 heteroatoms. The largest absolute Gasteiger partial charge is 0.339 e. The molecule has 5 nitrogen and oxygen atoms in total. The Morgan fingerprint density at radius 1 is 1.29 bits per heavy atom. The normalized spacial score (nSPS) is 11.8. The monoisotopic (exact) mass is 291 g/mol. The second-order valence-electron chi connectivity index (χ2n) is 5.15. The average Bonchev–Trinajstić information content (AvgIpc) is 2.48. The number of anilines is 1. The summed E-state index contributed by atoms with van der Waals surface area (Å²) in [6, 6.07) is 7.03. The Morgan fingerprint density at radius 2 is 1.95 bits per heavy atom. The second-order valence-corrected chi connectivity index (χ2v) is 5.15. The molecule has 0 fully saturated rings. The Morgan fingerprint density at radius 3 is 2.52 bits per heavy atom. The van der Waals surface area contributed by atoms with Crippen LogP contribution in [0, 0.1) is 5.92 Å². The number of rotatable bonds is 7. The number of carbonyl (C=O) groups excluding carboxylic acids is 2. The number of benzene rings is 1. The van der Waals surface area contributed by atoms with E-state index in [-0.39, 0.29) is 17.7 Å². The van der Waals surface area contributed by atoms with Gasteiger partial charge in [0.1, 0.15) is 0 Å². The Hall–Kier alpha value is -1.88. The lowest BCUT2D eigenvalue weighted by atomic mass is 10.1. The Balaban J connectivity index is 2.76. The van der Waals surface area contributed by atoms with Gasteiger partial charge in [-0.1, -0.05) is 13.0 Å². The van der Waals surface area contributed by atoms with Crippen LogP contribution in [0.25, 0.3) is 0 Å². The standard InChI is InChI=1S/C16H25N3O2/c1-4-19(5-2)16(21)13-7-6-8-14(10-13)18-15(20)9-12(3)11-17/h6-8,10,12H,4-5,9,11,17H2,1-3H3,(H,18,20). The SMILES string of the molecule is CCN(CC)C(=O)c1cccc(NC(=O)CC(C)CN)c1. The van der Waals surface area contributed by atoms with Crippen LogP contribution in [0.5, 0.6) is 0 Å². The summed E-state index contributed by atoms with van der Waals surface area (Å²) in [5, 5.41) is 2.81. The van der Waals surface area contributed by atoms with Gasteiger partial charge in [0.05, 0.1) is 0 Å². The average molecular weight is 291 g/mol. The molecule has 21 heavy (non-hydrogen) atoms. The third-order valence-corrected chi connectivity index (χ3v) is 3.38. The zero-order chi connectivity index (χ0) is 15.8. The van der Waals surface area contributed by atoms with Crippen molar-refractivity contribution < 1.29 is 9.59 Å². The lowest BCUT2D eigenvalue weighted by Gasteiger charge is -2.19. The van der Waals surface area contributed by atoms with Gasteiger partial charge in [-0.2, -0.15) is 0 Å². The number of nitrogens with zero attached hydrogens (tertiary/aromatic N) is 1. The molecule has 0 aliphatic heterocycles. The van der Waals surface area contributed by atoms with Gasteiger partial charge in [0.2, 0.25) is 5.91 Å². The minimum atomic E-state index is -0.0830. The smallest absolute Gasteiger partial charge is 0.253 e. The fraction of sp³-hybridized carbons (Fsp3) is 0.500. The molecule has 0 saturated heterocycles. The molecule has 0 spiro atoms. The minimum absolute atomic E-state index is 0.0218. The van der Waals surface area contributed by atoms with Crippen molar-refractivity contribution in [1.82, 2.24) is 4.90 Å². The van der Waals surface area contributed by atoms with Gasteiger partial charge in [-0.15, -0.1) is 0 Å². The summed E-state index contributed by atoms with van der Waals surface area (Å²) in [6.45, 7) is 7.64. The number of nitrogens with two attached hydrogens (primary N) is 1. The molecule has 0 aromatic heterocycles. The number of hydrogen-bond acceptors (Lipinski definition) is 3.